The number of aromatic nitrogens is 1. The molecule has 0 amide bonds. The van der Waals surface area contributed by atoms with Gasteiger partial charge in [0, 0.05) is 12.4 Å². The lowest BCUT2D eigenvalue weighted by Gasteiger charge is -2.16. The summed E-state index contributed by atoms with van der Waals surface area (Å²) in [4.78, 5) is 3.96. The second-order valence-corrected chi connectivity index (χ2v) is 3.00. The lowest BCUT2D eigenvalue weighted by Crippen LogP contribution is -2.24. The Morgan fingerprint density at radius 3 is 2.75 bits per heavy atom. The highest BCUT2D eigenvalue weighted by Crippen LogP contribution is 2.16. The van der Waals surface area contributed by atoms with Crippen LogP contribution in [0.2, 0.25) is 0 Å². The molecule has 0 spiro atoms. The standard InChI is InChI=1S/C9H14N2O/c1-6-3-4-11-5-8(6)9(10)7(2)12/h3-5,7,9,12H,10H2,1-2H3/t7-,9-/m0/s1. The molecule has 0 radical (unpaired) electrons. The van der Waals surface area contributed by atoms with Gasteiger partial charge in [0.1, 0.15) is 0 Å². The van der Waals surface area contributed by atoms with Crippen molar-refractivity contribution in [2.24, 2.45) is 5.73 Å². The van der Waals surface area contributed by atoms with E-state index in [0.717, 1.165) is 11.1 Å². The molecule has 0 aliphatic heterocycles. The number of nitrogens with two attached hydrogens (primary N) is 1. The number of aryl methyl sites for hydroxylation is 1. The van der Waals surface area contributed by atoms with Crippen LogP contribution in [0, 0.1) is 6.92 Å². The van der Waals surface area contributed by atoms with E-state index in [2.05, 4.69) is 4.98 Å². The van der Waals surface area contributed by atoms with E-state index >= 15 is 0 Å². The summed E-state index contributed by atoms with van der Waals surface area (Å²) in [7, 11) is 0. The molecule has 0 aliphatic carbocycles. The van der Waals surface area contributed by atoms with Crippen molar-refractivity contribution in [1.29, 1.82) is 0 Å². The van der Waals surface area contributed by atoms with Crippen LogP contribution in [0.3, 0.4) is 0 Å². The molecule has 1 aromatic heterocycles. The summed E-state index contributed by atoms with van der Waals surface area (Å²) in [5, 5.41) is 9.25. The van der Waals surface area contributed by atoms with Gasteiger partial charge < -0.3 is 10.8 Å². The van der Waals surface area contributed by atoms with Crippen LogP contribution in [0.4, 0.5) is 0 Å². The van der Waals surface area contributed by atoms with E-state index in [1.54, 1.807) is 19.3 Å². The first kappa shape index (κ1) is 9.16. The van der Waals surface area contributed by atoms with Gasteiger partial charge in [-0.1, -0.05) is 0 Å². The maximum absolute atomic E-state index is 9.25. The number of hydrogen-bond acceptors (Lipinski definition) is 3. The lowest BCUT2D eigenvalue weighted by atomic mass is 10.0. The molecule has 0 fully saturated rings. The number of rotatable bonds is 2. The Balaban J connectivity index is 2.94. The van der Waals surface area contributed by atoms with Crippen LogP contribution < -0.4 is 5.73 Å². The van der Waals surface area contributed by atoms with Crippen LogP contribution in [0.1, 0.15) is 24.1 Å². The third kappa shape index (κ3) is 1.81. The zero-order valence-corrected chi connectivity index (χ0v) is 7.36. The SMILES string of the molecule is Cc1ccncc1[C@@H](N)[C@H](C)O. The second kappa shape index (κ2) is 3.65. The average Bonchev–Trinajstić information content (AvgIpc) is 2.04. The molecule has 1 rings (SSSR count). The van der Waals surface area contributed by atoms with E-state index in [1.807, 2.05) is 13.0 Å². The number of aliphatic hydroxyl groups is 1. The van der Waals surface area contributed by atoms with Crippen molar-refractivity contribution in [3.63, 3.8) is 0 Å². The monoisotopic (exact) mass is 166 g/mol. The first-order chi connectivity index (χ1) is 5.63. The van der Waals surface area contributed by atoms with Gasteiger partial charge in [-0.2, -0.15) is 0 Å². The normalized spacial score (nSPS) is 15.7. The fraction of sp³-hybridized carbons (Fsp3) is 0.444. The molecule has 3 heteroatoms. The summed E-state index contributed by atoms with van der Waals surface area (Å²) >= 11 is 0. The van der Waals surface area contributed by atoms with E-state index in [4.69, 9.17) is 5.73 Å². The van der Waals surface area contributed by atoms with Crippen LogP contribution in [0.5, 0.6) is 0 Å². The second-order valence-electron chi connectivity index (χ2n) is 3.00. The zero-order chi connectivity index (χ0) is 9.14. The Labute approximate surface area is 72.2 Å². The molecule has 12 heavy (non-hydrogen) atoms. The molecule has 1 heterocycles. The molecule has 1 aromatic rings. The van der Waals surface area contributed by atoms with Crippen molar-refractivity contribution < 1.29 is 5.11 Å². The first-order valence-electron chi connectivity index (χ1n) is 3.97. The minimum Gasteiger partial charge on any atom is -0.391 e. The van der Waals surface area contributed by atoms with E-state index in [-0.39, 0.29) is 6.04 Å². The molecule has 66 valence electrons. The summed E-state index contributed by atoms with van der Waals surface area (Å²) in [5.41, 5.74) is 7.73. The molecule has 0 saturated heterocycles. The predicted molar refractivity (Wildman–Crippen MR) is 47.6 cm³/mol. The van der Waals surface area contributed by atoms with Crippen LogP contribution in [0.25, 0.3) is 0 Å². The molecule has 0 saturated carbocycles. The van der Waals surface area contributed by atoms with Gasteiger partial charge in [0.2, 0.25) is 0 Å². The smallest absolute Gasteiger partial charge is 0.0705 e. The summed E-state index contributed by atoms with van der Waals surface area (Å²) < 4.78 is 0. The van der Waals surface area contributed by atoms with Gasteiger partial charge in [-0.15, -0.1) is 0 Å². The first-order valence-corrected chi connectivity index (χ1v) is 3.97. The highest BCUT2D eigenvalue weighted by molar-refractivity contribution is 5.25. The van der Waals surface area contributed by atoms with Crippen LogP contribution in [-0.2, 0) is 0 Å². The van der Waals surface area contributed by atoms with Crippen molar-refractivity contribution in [1.82, 2.24) is 4.98 Å². The Morgan fingerprint density at radius 1 is 1.58 bits per heavy atom. The summed E-state index contributed by atoms with van der Waals surface area (Å²) in [6.07, 6.45) is 2.88. The fourth-order valence-electron chi connectivity index (χ4n) is 1.09. The van der Waals surface area contributed by atoms with Gasteiger partial charge in [-0.25, -0.2) is 0 Å². The maximum atomic E-state index is 9.25. The molecule has 0 aromatic carbocycles. The zero-order valence-electron chi connectivity index (χ0n) is 7.36. The molecule has 0 bridgehead atoms. The molecule has 3 N–H and O–H groups in total. The number of aliphatic hydroxyl groups excluding tert-OH is 1. The summed E-state index contributed by atoms with van der Waals surface area (Å²) in [6, 6.07) is 1.55. The van der Waals surface area contributed by atoms with Gasteiger partial charge >= 0.3 is 0 Å². The third-order valence-corrected chi connectivity index (χ3v) is 1.96. The predicted octanol–water partition coefficient (Wildman–Crippen LogP) is 0.771. The van der Waals surface area contributed by atoms with Crippen molar-refractivity contribution in [3.8, 4) is 0 Å². The van der Waals surface area contributed by atoms with Crippen molar-refractivity contribution in [2.75, 3.05) is 0 Å². The molecule has 3 nitrogen and oxygen atoms in total. The topological polar surface area (TPSA) is 59.1 Å². The van der Waals surface area contributed by atoms with Gasteiger partial charge in [0.15, 0.2) is 0 Å². The minimum absolute atomic E-state index is 0.335. The van der Waals surface area contributed by atoms with Crippen LogP contribution in [-0.4, -0.2) is 16.2 Å². The molecule has 2 atom stereocenters. The van der Waals surface area contributed by atoms with E-state index < -0.39 is 6.10 Å². The Kier molecular flexibility index (Phi) is 2.78. The van der Waals surface area contributed by atoms with Crippen LogP contribution in [0.15, 0.2) is 18.5 Å². The Bertz CT molecular complexity index is 260. The molecular weight excluding hydrogens is 152 g/mol. The van der Waals surface area contributed by atoms with Gasteiger partial charge in [0.05, 0.1) is 12.1 Å². The number of hydrogen-bond donors (Lipinski definition) is 2. The van der Waals surface area contributed by atoms with Crippen molar-refractivity contribution in [3.05, 3.63) is 29.6 Å². The molecule has 0 aliphatic rings. The molecule has 0 unspecified atom stereocenters. The number of nitrogens with zero attached hydrogens (tertiary/aromatic N) is 1. The fourth-order valence-corrected chi connectivity index (χ4v) is 1.09. The largest absolute Gasteiger partial charge is 0.391 e. The summed E-state index contributed by atoms with van der Waals surface area (Å²) in [5.74, 6) is 0. The average molecular weight is 166 g/mol. The Morgan fingerprint density at radius 2 is 2.25 bits per heavy atom. The van der Waals surface area contributed by atoms with Crippen LogP contribution >= 0.6 is 0 Å². The van der Waals surface area contributed by atoms with Gasteiger partial charge in [-0.3, -0.25) is 4.98 Å². The minimum atomic E-state index is -0.534. The third-order valence-electron chi connectivity index (χ3n) is 1.96. The lowest BCUT2D eigenvalue weighted by molar-refractivity contribution is 0.164. The summed E-state index contributed by atoms with van der Waals surface area (Å²) in [6.45, 7) is 3.64. The maximum Gasteiger partial charge on any atom is 0.0705 e. The highest BCUT2D eigenvalue weighted by atomic mass is 16.3. The number of pyridine rings is 1. The molecular formula is C9H14N2O. The van der Waals surface area contributed by atoms with Crippen molar-refractivity contribution >= 4 is 0 Å². The quantitative estimate of drug-likeness (QED) is 0.682. The van der Waals surface area contributed by atoms with Gasteiger partial charge in [0.25, 0.3) is 0 Å². The van der Waals surface area contributed by atoms with E-state index in [1.165, 1.54) is 0 Å². The van der Waals surface area contributed by atoms with Crippen molar-refractivity contribution in [2.45, 2.75) is 26.0 Å². The Hall–Kier alpha value is -0.930. The highest BCUT2D eigenvalue weighted by Gasteiger charge is 2.13. The van der Waals surface area contributed by atoms with E-state index in [0.29, 0.717) is 0 Å². The van der Waals surface area contributed by atoms with Gasteiger partial charge in [-0.05, 0) is 31.0 Å². The van der Waals surface area contributed by atoms with E-state index in [9.17, 15) is 5.11 Å².